The lowest BCUT2D eigenvalue weighted by molar-refractivity contribution is -0.308. The maximum atomic E-state index is 13.2. The van der Waals surface area contributed by atoms with E-state index < -0.39 is 23.9 Å². The van der Waals surface area contributed by atoms with Crippen LogP contribution < -0.4 is 5.11 Å². The molecule has 0 radical (unpaired) electrons. The molecule has 0 aliphatic heterocycles. The minimum atomic E-state index is -1.35. The van der Waals surface area contributed by atoms with E-state index in [9.17, 15) is 19.8 Å². The normalized spacial score (nSPS) is 15.0. The van der Waals surface area contributed by atoms with E-state index in [4.69, 9.17) is 0 Å². The zero-order valence-corrected chi connectivity index (χ0v) is 23.3. The average molecular weight is 513 g/mol. The first kappa shape index (κ1) is 29.9. The van der Waals surface area contributed by atoms with Crippen molar-refractivity contribution < 1.29 is 19.8 Å². The molecule has 2 rings (SSSR count). The Morgan fingerprint density at radius 1 is 1.31 bits per heavy atom. The third kappa shape index (κ3) is 8.97. The standard InChI is InChI=1S/C30H43NO4S/c1-7-10-24(29(35)30(5,6)27(32)19-28(33)34)17-21(3)13-8-11-20(2)12-9-14-23-15-16-26-25(18-23)31-22(4)36-26/h7,12,15-16,18,21,24,27,32H,1,8-11,13-14,17,19H2,2-6H3,(H,33,34)/p-1/b20-12-/t21-,24+,27-/m0/s1. The molecule has 3 atom stereocenters. The molecule has 2 aromatic rings. The van der Waals surface area contributed by atoms with E-state index in [0.29, 0.717) is 18.8 Å². The average Bonchev–Trinajstić information content (AvgIpc) is 3.17. The van der Waals surface area contributed by atoms with Crippen LogP contribution in [0.3, 0.4) is 0 Å². The van der Waals surface area contributed by atoms with Crippen molar-refractivity contribution in [3.05, 3.63) is 53.1 Å². The Hall–Kier alpha value is -2.31. The zero-order valence-electron chi connectivity index (χ0n) is 22.5. The van der Waals surface area contributed by atoms with E-state index in [1.54, 1.807) is 31.3 Å². The van der Waals surface area contributed by atoms with Gasteiger partial charge >= 0.3 is 0 Å². The first-order valence-corrected chi connectivity index (χ1v) is 13.8. The van der Waals surface area contributed by atoms with Crippen molar-refractivity contribution in [3.8, 4) is 0 Å². The first-order chi connectivity index (χ1) is 16.9. The van der Waals surface area contributed by atoms with Gasteiger partial charge in [0, 0.05) is 23.7 Å². The van der Waals surface area contributed by atoms with Gasteiger partial charge in [-0.05, 0) is 76.0 Å². The highest BCUT2D eigenvalue weighted by Crippen LogP contribution is 2.33. The molecule has 36 heavy (non-hydrogen) atoms. The molecular formula is C30H42NO4S-. The highest BCUT2D eigenvalue weighted by molar-refractivity contribution is 7.18. The number of aromatic nitrogens is 1. The summed E-state index contributed by atoms with van der Waals surface area (Å²) in [6, 6.07) is 6.57. The number of carbonyl (C=O) groups is 2. The Bertz CT molecular complexity index is 1070. The van der Waals surface area contributed by atoms with Gasteiger partial charge in [-0.3, -0.25) is 4.79 Å². The van der Waals surface area contributed by atoms with Gasteiger partial charge in [0.15, 0.2) is 0 Å². The molecule has 0 bridgehead atoms. The first-order valence-electron chi connectivity index (χ1n) is 13.0. The lowest BCUT2D eigenvalue weighted by Crippen LogP contribution is -2.44. The van der Waals surface area contributed by atoms with E-state index >= 15 is 0 Å². The Balaban J connectivity index is 1.81. The number of rotatable bonds is 16. The fourth-order valence-electron chi connectivity index (χ4n) is 4.78. The summed E-state index contributed by atoms with van der Waals surface area (Å²) >= 11 is 1.73. The summed E-state index contributed by atoms with van der Waals surface area (Å²) < 4.78 is 1.24. The summed E-state index contributed by atoms with van der Waals surface area (Å²) in [5, 5.41) is 22.3. The van der Waals surface area contributed by atoms with Crippen LogP contribution in [0.5, 0.6) is 0 Å². The molecule has 1 aromatic heterocycles. The van der Waals surface area contributed by atoms with E-state index in [1.165, 1.54) is 15.8 Å². The fraction of sp³-hybridized carbons (Fsp3) is 0.567. The SMILES string of the molecule is C=CC[C@H](C[C@@H](C)CCC/C(C)=C\CCc1ccc2sc(C)nc2c1)C(=O)C(C)(C)[C@@H](O)CC(=O)[O-]. The number of thiazole rings is 1. The van der Waals surface area contributed by atoms with Crippen LogP contribution in [0.15, 0.2) is 42.5 Å². The third-order valence-corrected chi connectivity index (χ3v) is 8.04. The molecule has 0 aliphatic carbocycles. The van der Waals surface area contributed by atoms with Crippen molar-refractivity contribution in [3.63, 3.8) is 0 Å². The van der Waals surface area contributed by atoms with Gasteiger partial charge in [0.2, 0.25) is 0 Å². The number of fused-ring (bicyclic) bond motifs is 1. The predicted molar refractivity (Wildman–Crippen MR) is 147 cm³/mol. The van der Waals surface area contributed by atoms with Crippen molar-refractivity contribution in [2.24, 2.45) is 17.3 Å². The number of hydrogen-bond acceptors (Lipinski definition) is 6. The Morgan fingerprint density at radius 3 is 2.69 bits per heavy atom. The number of carboxylic acids is 1. The lowest BCUT2D eigenvalue weighted by atomic mass is 9.72. The van der Waals surface area contributed by atoms with Gasteiger partial charge in [-0.2, -0.15) is 0 Å². The minimum Gasteiger partial charge on any atom is -0.550 e. The number of aliphatic hydroxyl groups is 1. The number of aliphatic hydroxyl groups excluding tert-OH is 1. The van der Waals surface area contributed by atoms with E-state index in [2.05, 4.69) is 49.7 Å². The maximum Gasteiger partial charge on any atom is 0.144 e. The molecule has 0 spiro atoms. The van der Waals surface area contributed by atoms with Crippen LogP contribution >= 0.6 is 11.3 Å². The summed E-state index contributed by atoms with van der Waals surface area (Å²) in [6.07, 6.45) is 8.59. The second-order valence-electron chi connectivity index (χ2n) is 10.8. The van der Waals surface area contributed by atoms with Gasteiger partial charge in [0.1, 0.15) is 5.78 Å². The van der Waals surface area contributed by atoms with Crippen molar-refractivity contribution >= 4 is 33.3 Å². The number of nitrogens with zero attached hydrogens (tertiary/aromatic N) is 1. The summed E-state index contributed by atoms with van der Waals surface area (Å²) in [5.41, 5.74) is 2.65. The van der Waals surface area contributed by atoms with Crippen LogP contribution in [0.4, 0.5) is 0 Å². The van der Waals surface area contributed by atoms with Gasteiger partial charge in [0.05, 0.1) is 21.3 Å². The summed E-state index contributed by atoms with van der Waals surface area (Å²) in [4.78, 5) is 28.7. The quantitative estimate of drug-likeness (QED) is 0.280. The molecular weight excluding hydrogens is 470 g/mol. The third-order valence-electron chi connectivity index (χ3n) is 7.09. The number of aryl methyl sites for hydroxylation is 2. The molecule has 1 aromatic carbocycles. The van der Waals surface area contributed by atoms with Crippen LogP contribution in [0.1, 0.15) is 83.2 Å². The zero-order chi connectivity index (χ0) is 26.9. The molecule has 1 heterocycles. The van der Waals surface area contributed by atoms with Crippen LogP contribution in [-0.2, 0) is 16.0 Å². The van der Waals surface area contributed by atoms with E-state index in [-0.39, 0.29) is 11.7 Å². The summed E-state index contributed by atoms with van der Waals surface area (Å²) in [5.74, 6) is -1.39. The van der Waals surface area contributed by atoms with Gasteiger partial charge in [0.25, 0.3) is 0 Å². The number of allylic oxidation sites excluding steroid dienone is 3. The number of ketones is 1. The Labute approximate surface area is 220 Å². The molecule has 1 N–H and O–H groups in total. The second kappa shape index (κ2) is 13.8. The van der Waals surface area contributed by atoms with Crippen LogP contribution in [0.25, 0.3) is 10.2 Å². The number of Topliss-reactive ketones (excluding diaryl/α,β-unsaturated/α-hetero) is 1. The summed E-state index contributed by atoms with van der Waals surface area (Å²) in [6.45, 7) is 13.4. The molecule has 198 valence electrons. The van der Waals surface area contributed by atoms with Crippen LogP contribution in [0.2, 0.25) is 0 Å². The van der Waals surface area contributed by atoms with Crippen LogP contribution in [-0.4, -0.2) is 27.9 Å². The van der Waals surface area contributed by atoms with Gasteiger partial charge in [-0.1, -0.05) is 51.0 Å². The Morgan fingerprint density at radius 2 is 2.03 bits per heavy atom. The Kier molecular flexibility index (Phi) is 11.5. The summed E-state index contributed by atoms with van der Waals surface area (Å²) in [7, 11) is 0. The van der Waals surface area contributed by atoms with E-state index in [0.717, 1.165) is 42.6 Å². The largest absolute Gasteiger partial charge is 0.550 e. The topological polar surface area (TPSA) is 90.3 Å². The van der Waals surface area contributed by atoms with Gasteiger partial charge in [-0.15, -0.1) is 17.9 Å². The number of hydrogen-bond donors (Lipinski definition) is 1. The van der Waals surface area contributed by atoms with Crippen molar-refractivity contribution in [2.75, 3.05) is 0 Å². The fourth-order valence-corrected chi connectivity index (χ4v) is 5.59. The van der Waals surface area contributed by atoms with Crippen molar-refractivity contribution in [1.82, 2.24) is 4.98 Å². The molecule has 0 saturated carbocycles. The van der Waals surface area contributed by atoms with Gasteiger partial charge in [-0.25, -0.2) is 4.98 Å². The lowest BCUT2D eigenvalue weighted by Gasteiger charge is -2.33. The maximum absolute atomic E-state index is 13.2. The van der Waals surface area contributed by atoms with Gasteiger partial charge < -0.3 is 15.0 Å². The number of benzene rings is 1. The smallest absolute Gasteiger partial charge is 0.144 e. The molecule has 5 nitrogen and oxygen atoms in total. The monoisotopic (exact) mass is 512 g/mol. The van der Waals surface area contributed by atoms with Crippen molar-refractivity contribution in [1.29, 1.82) is 0 Å². The molecule has 0 unspecified atom stereocenters. The molecule has 0 saturated heterocycles. The molecule has 0 fully saturated rings. The number of aliphatic carboxylic acids is 1. The van der Waals surface area contributed by atoms with Crippen molar-refractivity contribution in [2.45, 2.75) is 92.1 Å². The molecule has 0 amide bonds. The van der Waals surface area contributed by atoms with E-state index in [1.807, 2.05) is 6.92 Å². The second-order valence-corrected chi connectivity index (χ2v) is 12.0. The predicted octanol–water partition coefficient (Wildman–Crippen LogP) is 5.97. The number of carbonyl (C=O) groups excluding carboxylic acids is 2. The molecule has 6 heteroatoms. The highest BCUT2D eigenvalue weighted by Gasteiger charge is 2.39. The number of carboxylic acid groups (broad SMARTS) is 1. The molecule has 0 aliphatic rings. The minimum absolute atomic E-state index is 0.106. The van der Waals surface area contributed by atoms with Crippen LogP contribution in [0, 0.1) is 24.2 Å². The highest BCUT2D eigenvalue weighted by atomic mass is 32.1.